The van der Waals surface area contributed by atoms with Gasteiger partial charge in [0.15, 0.2) is 0 Å². The summed E-state index contributed by atoms with van der Waals surface area (Å²) < 4.78 is 0. The van der Waals surface area contributed by atoms with E-state index in [9.17, 15) is 9.59 Å². The Hall–Kier alpha value is -2.24. The van der Waals surface area contributed by atoms with Gasteiger partial charge in [0.1, 0.15) is 5.36 Å². The minimum absolute atomic E-state index is 0.257. The Morgan fingerprint density at radius 3 is 2.78 bits per heavy atom. The van der Waals surface area contributed by atoms with Crippen LogP contribution in [0.5, 0.6) is 0 Å². The van der Waals surface area contributed by atoms with Crippen molar-refractivity contribution in [2.75, 3.05) is 0 Å². The second-order valence-corrected chi connectivity index (χ2v) is 4.42. The highest BCUT2D eigenvalue weighted by molar-refractivity contribution is 6.00. The van der Waals surface area contributed by atoms with Gasteiger partial charge in [0, 0.05) is 12.8 Å². The Morgan fingerprint density at radius 2 is 1.94 bits per heavy atom. The number of benzene rings is 1. The van der Waals surface area contributed by atoms with Crippen molar-refractivity contribution in [1.29, 1.82) is 0 Å². The van der Waals surface area contributed by atoms with Crippen molar-refractivity contribution < 1.29 is 9.59 Å². The van der Waals surface area contributed by atoms with Gasteiger partial charge in [-0.05, 0) is 18.6 Å². The van der Waals surface area contributed by atoms with Gasteiger partial charge in [-0.3, -0.25) is 20.3 Å². The van der Waals surface area contributed by atoms with E-state index < -0.39 is 11.6 Å². The molecule has 1 aromatic carbocycles. The summed E-state index contributed by atoms with van der Waals surface area (Å²) in [5.41, 5.74) is 1.66. The zero-order valence-electron chi connectivity index (χ0n) is 9.64. The quantitative estimate of drug-likeness (QED) is 0.572. The lowest BCUT2D eigenvalue weighted by Gasteiger charge is -2.27. The van der Waals surface area contributed by atoms with Crippen LogP contribution in [0.15, 0.2) is 34.4 Å². The highest BCUT2D eigenvalue weighted by atomic mass is 16.2. The summed E-state index contributed by atoms with van der Waals surface area (Å²) in [5.74, 6) is -0.684. The lowest BCUT2D eigenvalue weighted by atomic mass is 10.0. The molecule has 1 unspecified atom stereocenters. The molecule has 0 radical (unpaired) electrons. The fourth-order valence-electron chi connectivity index (χ4n) is 2.16. The average molecular weight is 244 g/mol. The Morgan fingerprint density at radius 1 is 1.17 bits per heavy atom. The van der Waals surface area contributed by atoms with Gasteiger partial charge in [-0.2, -0.15) is 5.10 Å². The molecule has 2 aliphatic heterocycles. The van der Waals surface area contributed by atoms with E-state index in [-0.39, 0.29) is 5.91 Å². The number of fused-ring (bicyclic) bond motifs is 1. The van der Waals surface area contributed by atoms with Crippen molar-refractivity contribution in [2.24, 2.45) is 10.1 Å². The maximum atomic E-state index is 12.1. The van der Waals surface area contributed by atoms with Crippen LogP contribution in [0.3, 0.4) is 0 Å². The Labute approximate surface area is 103 Å². The monoisotopic (exact) mass is 244 g/mol. The van der Waals surface area contributed by atoms with Crippen LogP contribution in [-0.2, 0) is 9.59 Å². The third kappa shape index (κ3) is 1.66. The van der Waals surface area contributed by atoms with E-state index in [0.717, 1.165) is 0 Å². The van der Waals surface area contributed by atoms with Crippen LogP contribution in [-0.4, -0.2) is 17.5 Å². The zero-order chi connectivity index (χ0) is 12.6. The molecule has 0 bridgehead atoms. The maximum absolute atomic E-state index is 12.1. The van der Waals surface area contributed by atoms with E-state index in [1.165, 1.54) is 0 Å². The third-order valence-corrected chi connectivity index (χ3v) is 3.13. The van der Waals surface area contributed by atoms with E-state index in [1.807, 2.05) is 18.2 Å². The minimum atomic E-state index is -1.14. The van der Waals surface area contributed by atoms with Crippen LogP contribution in [0.4, 0.5) is 0 Å². The molecule has 2 heterocycles. The molecule has 6 nitrogen and oxygen atoms in total. The van der Waals surface area contributed by atoms with Crippen LogP contribution in [0.2, 0.25) is 0 Å². The summed E-state index contributed by atoms with van der Waals surface area (Å²) in [6, 6.07) is 7.32. The molecule has 1 spiro atoms. The van der Waals surface area contributed by atoms with Crippen LogP contribution in [0, 0.1) is 0 Å². The normalized spacial score (nSPS) is 26.2. The SMILES string of the molecule is O=C1CCCC2(N=c3ccccc3=NN2)C(=O)N1. The fourth-order valence-corrected chi connectivity index (χ4v) is 2.16. The number of imide groups is 1. The number of para-hydroxylation sites is 2. The molecule has 1 atom stereocenters. The lowest BCUT2D eigenvalue weighted by molar-refractivity contribution is -0.133. The van der Waals surface area contributed by atoms with Crippen LogP contribution in [0.1, 0.15) is 19.3 Å². The van der Waals surface area contributed by atoms with Gasteiger partial charge in [-0.15, -0.1) is 0 Å². The van der Waals surface area contributed by atoms with Gasteiger partial charge >= 0.3 is 0 Å². The number of carbonyl (C=O) groups is 2. The van der Waals surface area contributed by atoms with Gasteiger partial charge < -0.3 is 0 Å². The average Bonchev–Trinajstić information content (AvgIpc) is 2.50. The number of rotatable bonds is 0. The van der Waals surface area contributed by atoms with Crippen LogP contribution >= 0.6 is 0 Å². The van der Waals surface area contributed by atoms with Gasteiger partial charge in [-0.25, -0.2) is 4.99 Å². The van der Waals surface area contributed by atoms with Crippen molar-refractivity contribution in [3.8, 4) is 0 Å². The predicted molar refractivity (Wildman–Crippen MR) is 61.6 cm³/mol. The standard InChI is InChI=1S/C12H12N4O2/c17-10-6-3-7-12(11(18)13-10)14-8-4-1-2-5-9(8)15-16-12/h1-2,4-5,16H,3,6-7H2,(H,13,17,18). The van der Waals surface area contributed by atoms with Crippen molar-refractivity contribution in [2.45, 2.75) is 24.9 Å². The minimum Gasteiger partial charge on any atom is -0.293 e. The summed E-state index contributed by atoms with van der Waals surface area (Å²) in [6.07, 6.45) is 1.40. The zero-order valence-corrected chi connectivity index (χ0v) is 9.64. The summed E-state index contributed by atoms with van der Waals surface area (Å²) in [7, 11) is 0. The molecule has 1 aromatic rings. The molecular formula is C12H12N4O2. The van der Waals surface area contributed by atoms with Crippen LogP contribution in [0.25, 0.3) is 0 Å². The van der Waals surface area contributed by atoms with Crippen molar-refractivity contribution in [3.63, 3.8) is 0 Å². The van der Waals surface area contributed by atoms with E-state index in [4.69, 9.17) is 0 Å². The Bertz CT molecular complexity index is 640. The summed E-state index contributed by atoms with van der Waals surface area (Å²) in [5, 5.41) is 7.88. The predicted octanol–water partition coefficient (Wildman–Crippen LogP) is -1.03. The number of amides is 2. The second kappa shape index (κ2) is 3.90. The molecule has 3 rings (SSSR count). The van der Waals surface area contributed by atoms with Crippen molar-refractivity contribution in [3.05, 3.63) is 35.0 Å². The van der Waals surface area contributed by atoms with E-state index >= 15 is 0 Å². The smallest absolute Gasteiger partial charge is 0.276 e. The molecule has 2 amide bonds. The first-order valence-corrected chi connectivity index (χ1v) is 5.84. The van der Waals surface area contributed by atoms with Gasteiger partial charge in [0.25, 0.3) is 5.91 Å². The van der Waals surface area contributed by atoms with Crippen LogP contribution < -0.4 is 21.5 Å². The maximum Gasteiger partial charge on any atom is 0.276 e. The number of nitrogens with one attached hydrogen (secondary N) is 2. The second-order valence-electron chi connectivity index (χ2n) is 4.42. The summed E-state index contributed by atoms with van der Waals surface area (Å²) >= 11 is 0. The molecule has 18 heavy (non-hydrogen) atoms. The fraction of sp³-hybridized carbons (Fsp3) is 0.333. The van der Waals surface area contributed by atoms with Crippen molar-refractivity contribution in [1.82, 2.24) is 10.7 Å². The molecule has 2 N–H and O–H groups in total. The van der Waals surface area contributed by atoms with E-state index in [1.54, 1.807) is 6.07 Å². The van der Waals surface area contributed by atoms with Crippen molar-refractivity contribution >= 4 is 11.8 Å². The van der Waals surface area contributed by atoms with E-state index in [2.05, 4.69) is 20.8 Å². The number of nitrogens with zero attached hydrogens (tertiary/aromatic N) is 2. The molecular weight excluding hydrogens is 232 g/mol. The molecule has 6 heteroatoms. The molecule has 0 saturated carbocycles. The Balaban J connectivity index is 2.10. The summed E-state index contributed by atoms with van der Waals surface area (Å²) in [4.78, 5) is 27.8. The number of hydrogen-bond donors (Lipinski definition) is 2. The van der Waals surface area contributed by atoms with Gasteiger partial charge in [-0.1, -0.05) is 12.1 Å². The number of hydrogen-bond acceptors (Lipinski definition) is 5. The topological polar surface area (TPSA) is 82.9 Å². The number of carbonyl (C=O) groups excluding carboxylic acids is 2. The highest BCUT2D eigenvalue weighted by Gasteiger charge is 2.41. The molecule has 1 fully saturated rings. The molecule has 0 aliphatic carbocycles. The molecule has 92 valence electrons. The Kier molecular flexibility index (Phi) is 2.36. The largest absolute Gasteiger partial charge is 0.293 e. The molecule has 2 aliphatic rings. The lowest BCUT2D eigenvalue weighted by Crippen LogP contribution is -2.58. The molecule has 0 aromatic heterocycles. The highest BCUT2D eigenvalue weighted by Crippen LogP contribution is 2.20. The first kappa shape index (κ1) is 10.9. The summed E-state index contributed by atoms with van der Waals surface area (Å²) in [6.45, 7) is 0. The third-order valence-electron chi connectivity index (χ3n) is 3.13. The van der Waals surface area contributed by atoms with E-state index in [0.29, 0.717) is 30.0 Å². The first-order chi connectivity index (χ1) is 8.70. The first-order valence-electron chi connectivity index (χ1n) is 5.84. The molecule has 1 saturated heterocycles. The van der Waals surface area contributed by atoms with Gasteiger partial charge in [0.05, 0.1) is 5.36 Å². The van der Waals surface area contributed by atoms with Gasteiger partial charge in [0.2, 0.25) is 11.6 Å².